The quantitative estimate of drug-likeness (QED) is 0.907. The highest BCUT2D eigenvalue weighted by atomic mass is 16.2. The number of carbonyl (C=O) groups excluding carboxylic acids is 1. The van der Waals surface area contributed by atoms with Crippen molar-refractivity contribution in [3.8, 4) is 6.07 Å². The topological polar surface area (TPSA) is 75.0 Å². The Morgan fingerprint density at radius 1 is 1.43 bits per heavy atom. The van der Waals surface area contributed by atoms with Crippen LogP contribution in [0.3, 0.4) is 0 Å². The van der Waals surface area contributed by atoms with Gasteiger partial charge in [0.15, 0.2) is 0 Å². The molecule has 0 aromatic carbocycles. The van der Waals surface area contributed by atoms with Crippen LogP contribution >= 0.6 is 0 Å². The molecule has 126 valence electrons. The molecular formula is C18H28N4O. The van der Waals surface area contributed by atoms with Crippen LogP contribution in [0.4, 0.5) is 5.69 Å². The molecule has 1 aliphatic rings. The molecule has 23 heavy (non-hydrogen) atoms. The molecule has 0 saturated carbocycles. The Morgan fingerprint density at radius 2 is 2.09 bits per heavy atom. The number of nitrogens with two attached hydrogens (primary N) is 1. The second-order valence-electron chi connectivity index (χ2n) is 7.13. The van der Waals surface area contributed by atoms with E-state index in [0.717, 1.165) is 44.5 Å². The normalized spacial score (nSPS) is 15.9. The number of rotatable bonds is 5. The molecule has 0 aliphatic carbocycles. The third-order valence-electron chi connectivity index (χ3n) is 4.74. The van der Waals surface area contributed by atoms with Gasteiger partial charge in [0.2, 0.25) is 5.91 Å². The van der Waals surface area contributed by atoms with Crippen LogP contribution in [0.5, 0.6) is 0 Å². The zero-order valence-corrected chi connectivity index (χ0v) is 14.5. The summed E-state index contributed by atoms with van der Waals surface area (Å²) in [6, 6.07) is 3.87. The summed E-state index contributed by atoms with van der Waals surface area (Å²) in [7, 11) is 0. The molecule has 0 unspecified atom stereocenters. The standard InChI is InChI=1S/C18H28N4O/c1-13(2)4-5-17-16(20)10-15(11-19)22(17)12-18(23)21-8-6-14(3)7-9-21/h10,13-14H,4-9,12,20H2,1-3H3. The lowest BCUT2D eigenvalue weighted by Gasteiger charge is -2.30. The molecule has 2 N–H and O–H groups in total. The maximum atomic E-state index is 12.6. The van der Waals surface area contributed by atoms with Gasteiger partial charge in [-0.15, -0.1) is 0 Å². The van der Waals surface area contributed by atoms with Crippen molar-refractivity contribution in [2.24, 2.45) is 11.8 Å². The van der Waals surface area contributed by atoms with Gasteiger partial charge in [0.1, 0.15) is 18.3 Å². The first-order valence-electron chi connectivity index (χ1n) is 8.58. The first-order valence-corrected chi connectivity index (χ1v) is 8.58. The smallest absolute Gasteiger partial charge is 0.242 e. The fourth-order valence-electron chi connectivity index (χ4n) is 3.08. The summed E-state index contributed by atoms with van der Waals surface area (Å²) in [6.07, 6.45) is 3.92. The minimum absolute atomic E-state index is 0.0924. The molecule has 2 rings (SSSR count). The number of aromatic nitrogens is 1. The van der Waals surface area contributed by atoms with Gasteiger partial charge in [-0.05, 0) is 43.6 Å². The number of amides is 1. The van der Waals surface area contributed by atoms with Crippen molar-refractivity contribution in [2.75, 3.05) is 18.8 Å². The molecule has 0 spiro atoms. The van der Waals surface area contributed by atoms with E-state index in [-0.39, 0.29) is 12.5 Å². The monoisotopic (exact) mass is 316 g/mol. The van der Waals surface area contributed by atoms with E-state index in [1.165, 1.54) is 0 Å². The van der Waals surface area contributed by atoms with E-state index in [9.17, 15) is 10.1 Å². The van der Waals surface area contributed by atoms with Crippen molar-refractivity contribution < 1.29 is 4.79 Å². The first-order chi connectivity index (χ1) is 10.9. The predicted molar refractivity (Wildman–Crippen MR) is 91.7 cm³/mol. The summed E-state index contributed by atoms with van der Waals surface area (Å²) in [5.41, 5.74) is 8.12. The van der Waals surface area contributed by atoms with Crippen LogP contribution in [0.25, 0.3) is 0 Å². The molecule has 1 aromatic rings. The third kappa shape index (κ3) is 4.28. The lowest BCUT2D eigenvalue weighted by Crippen LogP contribution is -2.40. The Labute approximate surface area is 139 Å². The van der Waals surface area contributed by atoms with Crippen LogP contribution in [0.2, 0.25) is 0 Å². The molecule has 0 atom stereocenters. The summed E-state index contributed by atoms with van der Waals surface area (Å²) in [5, 5.41) is 9.34. The minimum Gasteiger partial charge on any atom is -0.397 e. The molecule has 1 aromatic heterocycles. The van der Waals surface area contributed by atoms with Gasteiger partial charge in [-0.2, -0.15) is 5.26 Å². The van der Waals surface area contributed by atoms with Gasteiger partial charge in [0, 0.05) is 18.8 Å². The summed E-state index contributed by atoms with van der Waals surface area (Å²) in [5.74, 6) is 1.34. The van der Waals surface area contributed by atoms with Crippen LogP contribution in [-0.4, -0.2) is 28.5 Å². The van der Waals surface area contributed by atoms with Crippen LogP contribution in [0, 0.1) is 23.2 Å². The van der Waals surface area contributed by atoms with Crippen LogP contribution in [0.15, 0.2) is 6.07 Å². The van der Waals surface area contributed by atoms with E-state index in [4.69, 9.17) is 5.73 Å². The summed E-state index contributed by atoms with van der Waals surface area (Å²) in [6.45, 7) is 8.41. The van der Waals surface area contributed by atoms with Gasteiger partial charge in [-0.3, -0.25) is 4.79 Å². The zero-order chi connectivity index (χ0) is 17.0. The van der Waals surface area contributed by atoms with Gasteiger partial charge in [-0.1, -0.05) is 20.8 Å². The molecule has 5 nitrogen and oxygen atoms in total. The molecule has 1 amide bonds. The van der Waals surface area contributed by atoms with Gasteiger partial charge in [0.25, 0.3) is 0 Å². The Kier molecular flexibility index (Phi) is 5.70. The van der Waals surface area contributed by atoms with Gasteiger partial charge < -0.3 is 15.2 Å². The average molecular weight is 316 g/mol. The number of piperidine rings is 1. The summed E-state index contributed by atoms with van der Waals surface area (Å²) < 4.78 is 1.82. The van der Waals surface area contributed by atoms with Crippen molar-refractivity contribution in [3.05, 3.63) is 17.5 Å². The number of hydrogen-bond donors (Lipinski definition) is 1. The Balaban J connectivity index is 2.14. The molecular weight excluding hydrogens is 288 g/mol. The molecule has 1 fully saturated rings. The second kappa shape index (κ2) is 7.54. The summed E-state index contributed by atoms with van der Waals surface area (Å²) >= 11 is 0. The van der Waals surface area contributed by atoms with Crippen molar-refractivity contribution in [1.29, 1.82) is 5.26 Å². The molecule has 2 heterocycles. The van der Waals surface area contributed by atoms with E-state index >= 15 is 0 Å². The highest BCUT2D eigenvalue weighted by molar-refractivity contribution is 5.77. The largest absolute Gasteiger partial charge is 0.397 e. The fraction of sp³-hybridized carbons (Fsp3) is 0.667. The lowest BCUT2D eigenvalue weighted by molar-refractivity contribution is -0.133. The van der Waals surface area contributed by atoms with E-state index in [1.54, 1.807) is 6.07 Å². The van der Waals surface area contributed by atoms with Crippen LogP contribution < -0.4 is 5.73 Å². The number of nitrogens with zero attached hydrogens (tertiary/aromatic N) is 3. The Bertz CT molecular complexity index is 589. The first kappa shape index (κ1) is 17.4. The van der Waals surface area contributed by atoms with Crippen molar-refractivity contribution in [1.82, 2.24) is 9.47 Å². The number of nitrogen functional groups attached to an aromatic ring is 1. The fourth-order valence-corrected chi connectivity index (χ4v) is 3.08. The van der Waals surface area contributed by atoms with E-state index in [1.807, 2.05) is 9.47 Å². The number of hydrogen-bond acceptors (Lipinski definition) is 3. The molecule has 5 heteroatoms. The van der Waals surface area contributed by atoms with Crippen LogP contribution in [-0.2, 0) is 17.8 Å². The second-order valence-corrected chi connectivity index (χ2v) is 7.13. The maximum absolute atomic E-state index is 12.6. The van der Waals surface area contributed by atoms with E-state index in [0.29, 0.717) is 23.2 Å². The predicted octanol–water partition coefficient (Wildman–Crippen LogP) is 2.79. The number of anilines is 1. The molecule has 0 bridgehead atoms. The van der Waals surface area contributed by atoms with Gasteiger partial charge >= 0.3 is 0 Å². The SMILES string of the molecule is CC(C)CCc1c(N)cc(C#N)n1CC(=O)N1CCC(C)CC1. The minimum atomic E-state index is 0.0924. The van der Waals surface area contributed by atoms with E-state index < -0.39 is 0 Å². The Morgan fingerprint density at radius 3 is 2.65 bits per heavy atom. The number of nitriles is 1. The summed E-state index contributed by atoms with van der Waals surface area (Å²) in [4.78, 5) is 14.5. The Hall–Kier alpha value is -1.96. The molecule has 0 radical (unpaired) electrons. The number of carbonyl (C=O) groups is 1. The number of likely N-dealkylation sites (tertiary alicyclic amines) is 1. The zero-order valence-electron chi connectivity index (χ0n) is 14.5. The maximum Gasteiger partial charge on any atom is 0.242 e. The molecule has 1 aliphatic heterocycles. The van der Waals surface area contributed by atoms with Crippen LogP contribution in [0.1, 0.15) is 51.4 Å². The highest BCUT2D eigenvalue weighted by Crippen LogP contribution is 2.23. The van der Waals surface area contributed by atoms with Crippen molar-refractivity contribution in [2.45, 2.75) is 53.0 Å². The lowest BCUT2D eigenvalue weighted by atomic mass is 9.99. The van der Waals surface area contributed by atoms with Crippen molar-refractivity contribution in [3.63, 3.8) is 0 Å². The van der Waals surface area contributed by atoms with E-state index in [2.05, 4.69) is 26.8 Å². The molecule has 1 saturated heterocycles. The van der Waals surface area contributed by atoms with Gasteiger partial charge in [-0.25, -0.2) is 0 Å². The van der Waals surface area contributed by atoms with Crippen molar-refractivity contribution >= 4 is 11.6 Å². The third-order valence-corrected chi connectivity index (χ3v) is 4.74. The highest BCUT2D eigenvalue weighted by Gasteiger charge is 2.23. The average Bonchev–Trinajstić information content (AvgIpc) is 2.81. The van der Waals surface area contributed by atoms with Gasteiger partial charge in [0.05, 0.1) is 5.69 Å².